The van der Waals surface area contributed by atoms with Gasteiger partial charge in [-0.2, -0.15) is 5.10 Å². The van der Waals surface area contributed by atoms with Gasteiger partial charge in [-0.15, -0.1) is 0 Å². The Morgan fingerprint density at radius 3 is 2.50 bits per heavy atom. The third-order valence-corrected chi connectivity index (χ3v) is 4.43. The van der Waals surface area contributed by atoms with Crippen molar-refractivity contribution >= 4 is 52.2 Å². The number of hydrogen-bond acceptors (Lipinski definition) is 4. The topological polar surface area (TPSA) is 87.6 Å². The quantitative estimate of drug-likeness (QED) is 0.736. The Kier molecular flexibility index (Phi) is 6.78. The fourth-order valence-electron chi connectivity index (χ4n) is 2.81. The molecule has 1 fully saturated rings. The van der Waals surface area contributed by atoms with Gasteiger partial charge in [0.25, 0.3) is 0 Å². The number of anilines is 1. The highest BCUT2D eigenvalue weighted by Crippen LogP contribution is 2.31. The van der Waals surface area contributed by atoms with Gasteiger partial charge >= 0.3 is 0 Å². The minimum absolute atomic E-state index is 0.0138. The maximum Gasteiger partial charge on any atom is 0.240 e. The Bertz CT molecular complexity index is 760. The molecule has 0 saturated heterocycles. The fraction of sp³-hybridized carbons (Fsp3) is 0.444. The minimum atomic E-state index is -0.384. The average Bonchev–Trinajstić information content (AvgIpc) is 2.52. The summed E-state index contributed by atoms with van der Waals surface area (Å²) in [5.41, 5.74) is 3.38. The number of halogens is 2. The van der Waals surface area contributed by atoms with Crippen LogP contribution in [0.5, 0.6) is 0 Å². The summed E-state index contributed by atoms with van der Waals surface area (Å²) in [6.07, 6.45) is 1.41. The molecule has 2 amide bonds. The van der Waals surface area contributed by atoms with E-state index in [0.29, 0.717) is 34.3 Å². The van der Waals surface area contributed by atoms with Crippen LogP contribution in [0.2, 0.25) is 10.0 Å². The molecule has 2 rings (SSSR count). The zero-order valence-corrected chi connectivity index (χ0v) is 16.2. The lowest BCUT2D eigenvalue weighted by Gasteiger charge is -2.28. The molecule has 1 aliphatic rings. The van der Waals surface area contributed by atoms with Gasteiger partial charge in [-0.25, -0.2) is 5.43 Å². The van der Waals surface area contributed by atoms with Crippen LogP contribution in [0.25, 0.3) is 0 Å². The van der Waals surface area contributed by atoms with Crippen molar-refractivity contribution in [3.63, 3.8) is 0 Å². The summed E-state index contributed by atoms with van der Waals surface area (Å²) in [7, 11) is 0. The third kappa shape index (κ3) is 6.42. The molecule has 2 N–H and O–H groups in total. The van der Waals surface area contributed by atoms with Gasteiger partial charge in [0.1, 0.15) is 5.78 Å². The first-order chi connectivity index (χ1) is 12.1. The summed E-state index contributed by atoms with van der Waals surface area (Å²) in [5.74, 6) is -0.606. The molecule has 1 saturated carbocycles. The first-order valence-electron chi connectivity index (χ1n) is 8.25. The van der Waals surface area contributed by atoms with E-state index in [1.807, 2.05) is 13.8 Å². The van der Waals surface area contributed by atoms with E-state index >= 15 is 0 Å². The summed E-state index contributed by atoms with van der Waals surface area (Å²) in [5, 5.41) is 7.46. The molecule has 8 heteroatoms. The highest BCUT2D eigenvalue weighted by molar-refractivity contribution is 6.36. The SMILES string of the molecule is CC1(C)CC(=O)CC(=NNC(=O)CCC(=O)Nc2ccc(Cl)cc2Cl)C1. The first-order valence-corrected chi connectivity index (χ1v) is 9.01. The van der Waals surface area contributed by atoms with E-state index in [1.165, 1.54) is 6.07 Å². The molecule has 1 aromatic rings. The summed E-state index contributed by atoms with van der Waals surface area (Å²) in [4.78, 5) is 35.5. The summed E-state index contributed by atoms with van der Waals surface area (Å²) in [6.45, 7) is 3.99. The van der Waals surface area contributed by atoms with Crippen molar-refractivity contribution in [2.45, 2.75) is 46.0 Å². The van der Waals surface area contributed by atoms with Crippen molar-refractivity contribution in [3.05, 3.63) is 28.2 Å². The highest BCUT2D eigenvalue weighted by atomic mass is 35.5. The maximum atomic E-state index is 11.9. The van der Waals surface area contributed by atoms with E-state index in [2.05, 4.69) is 15.8 Å². The van der Waals surface area contributed by atoms with Gasteiger partial charge < -0.3 is 5.32 Å². The number of nitrogens with one attached hydrogen (secondary N) is 2. The summed E-state index contributed by atoms with van der Waals surface area (Å²) in [6, 6.07) is 4.73. The van der Waals surface area contributed by atoms with Crippen LogP contribution in [-0.2, 0) is 14.4 Å². The van der Waals surface area contributed by atoms with Crippen molar-refractivity contribution in [3.8, 4) is 0 Å². The zero-order valence-electron chi connectivity index (χ0n) is 14.7. The van der Waals surface area contributed by atoms with Gasteiger partial charge in [0.2, 0.25) is 11.8 Å². The number of rotatable bonds is 5. The van der Waals surface area contributed by atoms with Crippen LogP contribution < -0.4 is 10.7 Å². The second kappa shape index (κ2) is 8.64. The van der Waals surface area contributed by atoms with Crippen LogP contribution in [-0.4, -0.2) is 23.3 Å². The van der Waals surface area contributed by atoms with Crippen molar-refractivity contribution in [2.24, 2.45) is 10.5 Å². The first kappa shape index (κ1) is 20.4. The number of amides is 2. The smallest absolute Gasteiger partial charge is 0.240 e. The lowest BCUT2D eigenvalue weighted by atomic mass is 9.76. The van der Waals surface area contributed by atoms with Crippen molar-refractivity contribution in [1.82, 2.24) is 5.43 Å². The van der Waals surface area contributed by atoms with Crippen LogP contribution >= 0.6 is 23.2 Å². The average molecular weight is 398 g/mol. The molecule has 1 aromatic carbocycles. The normalized spacial score (nSPS) is 17.8. The van der Waals surface area contributed by atoms with Crippen molar-refractivity contribution in [1.29, 1.82) is 0 Å². The Morgan fingerprint density at radius 1 is 1.15 bits per heavy atom. The molecular weight excluding hydrogens is 377 g/mol. The monoisotopic (exact) mass is 397 g/mol. The fourth-order valence-corrected chi connectivity index (χ4v) is 3.26. The standard InChI is InChI=1S/C18H21Cl2N3O3/c1-18(2)9-12(8-13(24)10-18)22-23-17(26)6-5-16(25)21-15-4-3-11(19)7-14(15)20/h3-4,7H,5-6,8-10H2,1-2H3,(H,21,25)(H,23,26). The summed E-state index contributed by atoms with van der Waals surface area (Å²) < 4.78 is 0. The molecule has 0 heterocycles. The van der Waals surface area contributed by atoms with Crippen molar-refractivity contribution < 1.29 is 14.4 Å². The van der Waals surface area contributed by atoms with Gasteiger partial charge in [0, 0.05) is 36.4 Å². The number of hydrogen-bond donors (Lipinski definition) is 2. The molecular formula is C18H21Cl2N3O3. The van der Waals surface area contributed by atoms with Gasteiger partial charge in [-0.05, 0) is 30.0 Å². The number of nitrogens with zero attached hydrogens (tertiary/aromatic N) is 1. The molecule has 0 spiro atoms. The van der Waals surface area contributed by atoms with Crippen LogP contribution in [0, 0.1) is 5.41 Å². The number of ketones is 1. The molecule has 6 nitrogen and oxygen atoms in total. The number of carbonyl (C=O) groups excluding carboxylic acids is 3. The van der Waals surface area contributed by atoms with E-state index in [4.69, 9.17) is 23.2 Å². The second-order valence-electron chi connectivity index (χ2n) is 7.12. The molecule has 0 bridgehead atoms. The molecule has 26 heavy (non-hydrogen) atoms. The molecule has 0 atom stereocenters. The predicted molar refractivity (Wildman–Crippen MR) is 103 cm³/mol. The van der Waals surface area contributed by atoms with E-state index in [-0.39, 0.29) is 42.3 Å². The second-order valence-corrected chi connectivity index (χ2v) is 7.96. The largest absolute Gasteiger partial charge is 0.325 e. The zero-order chi connectivity index (χ0) is 19.3. The lowest BCUT2D eigenvalue weighted by Crippen LogP contribution is -2.31. The van der Waals surface area contributed by atoms with Crippen LogP contribution in [0.3, 0.4) is 0 Å². The van der Waals surface area contributed by atoms with Gasteiger partial charge in [-0.1, -0.05) is 37.0 Å². The molecule has 0 aromatic heterocycles. The van der Waals surface area contributed by atoms with Crippen molar-refractivity contribution in [2.75, 3.05) is 5.32 Å². The Hall–Kier alpha value is -1.92. The third-order valence-electron chi connectivity index (χ3n) is 3.88. The van der Waals surface area contributed by atoms with Gasteiger partial charge in [0.15, 0.2) is 0 Å². The number of benzene rings is 1. The molecule has 0 radical (unpaired) electrons. The highest BCUT2D eigenvalue weighted by Gasteiger charge is 2.30. The maximum absolute atomic E-state index is 11.9. The molecule has 0 aliphatic heterocycles. The van der Waals surface area contributed by atoms with E-state index < -0.39 is 0 Å². The Balaban J connectivity index is 1.80. The molecule has 1 aliphatic carbocycles. The predicted octanol–water partition coefficient (Wildman–Crippen LogP) is 3.96. The van der Waals surface area contributed by atoms with Crippen LogP contribution in [0.1, 0.15) is 46.0 Å². The van der Waals surface area contributed by atoms with Gasteiger partial charge in [-0.3, -0.25) is 14.4 Å². The van der Waals surface area contributed by atoms with E-state index in [9.17, 15) is 14.4 Å². The van der Waals surface area contributed by atoms with E-state index in [0.717, 1.165) is 0 Å². The Labute approximate surface area is 162 Å². The van der Waals surface area contributed by atoms with Crippen LogP contribution in [0.4, 0.5) is 5.69 Å². The number of hydrazone groups is 1. The lowest BCUT2D eigenvalue weighted by molar-refractivity contribution is -0.124. The minimum Gasteiger partial charge on any atom is -0.325 e. The number of Topliss-reactive ketones (excluding diaryl/α,β-unsaturated/α-hetero) is 1. The van der Waals surface area contributed by atoms with Gasteiger partial charge in [0.05, 0.1) is 10.7 Å². The van der Waals surface area contributed by atoms with E-state index in [1.54, 1.807) is 12.1 Å². The number of carbonyl (C=O) groups is 3. The molecule has 140 valence electrons. The molecule has 0 unspecified atom stereocenters. The Morgan fingerprint density at radius 2 is 1.85 bits per heavy atom. The summed E-state index contributed by atoms with van der Waals surface area (Å²) >= 11 is 11.8. The van der Waals surface area contributed by atoms with Crippen LogP contribution in [0.15, 0.2) is 23.3 Å².